The number of likely N-dealkylation sites (tertiary alicyclic amines) is 1. The normalized spacial score (nSPS) is 18.5. The number of hydrogen-bond acceptors (Lipinski definition) is 3. The highest BCUT2D eigenvalue weighted by Crippen LogP contribution is 2.34. The molecule has 0 spiro atoms. The Labute approximate surface area is 134 Å². The molecule has 0 radical (unpaired) electrons. The van der Waals surface area contributed by atoms with E-state index in [1.807, 2.05) is 36.4 Å². The molecule has 0 N–H and O–H groups in total. The quantitative estimate of drug-likeness (QED) is 0.612. The van der Waals surface area contributed by atoms with E-state index in [0.29, 0.717) is 12.6 Å². The van der Waals surface area contributed by atoms with Gasteiger partial charge in [-0.1, -0.05) is 41.9 Å². The van der Waals surface area contributed by atoms with E-state index in [9.17, 15) is 10.1 Å². The maximum absolute atomic E-state index is 11.2. The van der Waals surface area contributed by atoms with Crippen LogP contribution in [-0.2, 0) is 6.54 Å². The predicted octanol–water partition coefficient (Wildman–Crippen LogP) is 4.59. The van der Waals surface area contributed by atoms with Crippen LogP contribution in [0.3, 0.4) is 0 Å². The fourth-order valence-electron chi connectivity index (χ4n) is 3.12. The van der Waals surface area contributed by atoms with E-state index in [0.717, 1.165) is 30.0 Å². The lowest BCUT2D eigenvalue weighted by atomic mass is 10.0. The van der Waals surface area contributed by atoms with Crippen molar-refractivity contribution in [2.75, 3.05) is 6.54 Å². The van der Waals surface area contributed by atoms with Crippen molar-refractivity contribution in [2.45, 2.75) is 25.4 Å². The molecule has 2 aromatic carbocycles. The summed E-state index contributed by atoms with van der Waals surface area (Å²) in [4.78, 5) is 13.2. The van der Waals surface area contributed by atoms with E-state index in [2.05, 4.69) is 4.90 Å². The fraction of sp³-hybridized carbons (Fsp3) is 0.294. The topological polar surface area (TPSA) is 46.4 Å². The molecule has 0 amide bonds. The standard InChI is InChI=1S/C17H17ClN2O2/c18-15-9-7-13(8-10-15)16-6-3-11-19(16)12-14-4-1-2-5-17(14)20(21)22/h1-2,4-5,7-10,16H,3,6,11-12H2. The number of hydrogen-bond donors (Lipinski definition) is 0. The SMILES string of the molecule is O=[N+]([O-])c1ccccc1CN1CCCC1c1ccc(Cl)cc1. The van der Waals surface area contributed by atoms with Crippen molar-refractivity contribution in [3.63, 3.8) is 0 Å². The van der Waals surface area contributed by atoms with Crippen LogP contribution in [0, 0.1) is 10.1 Å². The minimum absolute atomic E-state index is 0.198. The summed E-state index contributed by atoms with van der Waals surface area (Å²) in [7, 11) is 0. The van der Waals surface area contributed by atoms with E-state index in [-0.39, 0.29) is 10.6 Å². The first kappa shape index (κ1) is 15.0. The zero-order valence-electron chi connectivity index (χ0n) is 12.1. The molecular formula is C17H17ClN2O2. The van der Waals surface area contributed by atoms with Gasteiger partial charge >= 0.3 is 0 Å². The largest absolute Gasteiger partial charge is 0.292 e. The van der Waals surface area contributed by atoms with Gasteiger partial charge in [-0.25, -0.2) is 0 Å². The summed E-state index contributed by atoms with van der Waals surface area (Å²) in [5.74, 6) is 0. The molecule has 1 saturated heterocycles. The number of benzene rings is 2. The van der Waals surface area contributed by atoms with E-state index in [1.165, 1.54) is 5.56 Å². The van der Waals surface area contributed by atoms with Gasteiger partial charge in [-0.2, -0.15) is 0 Å². The highest BCUT2D eigenvalue weighted by atomic mass is 35.5. The van der Waals surface area contributed by atoms with Crippen molar-refractivity contribution >= 4 is 17.3 Å². The molecule has 0 saturated carbocycles. The van der Waals surface area contributed by atoms with Crippen molar-refractivity contribution in [1.29, 1.82) is 0 Å². The maximum atomic E-state index is 11.2. The van der Waals surface area contributed by atoms with Gasteiger partial charge in [-0.3, -0.25) is 15.0 Å². The first-order chi connectivity index (χ1) is 10.6. The number of nitro benzene ring substituents is 1. The average Bonchev–Trinajstić information content (AvgIpc) is 2.96. The summed E-state index contributed by atoms with van der Waals surface area (Å²) in [6, 6.07) is 15.2. The Balaban J connectivity index is 1.82. The molecule has 1 aliphatic rings. The maximum Gasteiger partial charge on any atom is 0.273 e. The van der Waals surface area contributed by atoms with Gasteiger partial charge in [-0.15, -0.1) is 0 Å². The Morgan fingerprint density at radius 1 is 1.18 bits per heavy atom. The van der Waals surface area contributed by atoms with Gasteiger partial charge in [0.05, 0.1) is 4.92 Å². The van der Waals surface area contributed by atoms with Gasteiger partial charge in [0, 0.05) is 29.2 Å². The molecule has 114 valence electrons. The Hall–Kier alpha value is -1.91. The van der Waals surface area contributed by atoms with Crippen LogP contribution in [0.15, 0.2) is 48.5 Å². The molecule has 1 unspecified atom stereocenters. The molecule has 0 aliphatic carbocycles. The molecule has 0 bridgehead atoms. The summed E-state index contributed by atoms with van der Waals surface area (Å²) in [6.07, 6.45) is 2.18. The third kappa shape index (κ3) is 3.13. The molecular weight excluding hydrogens is 300 g/mol. The number of nitro groups is 1. The summed E-state index contributed by atoms with van der Waals surface area (Å²) in [6.45, 7) is 1.56. The van der Waals surface area contributed by atoms with Crippen LogP contribution in [0.5, 0.6) is 0 Å². The van der Waals surface area contributed by atoms with Crippen molar-refractivity contribution < 1.29 is 4.92 Å². The third-order valence-electron chi connectivity index (χ3n) is 4.18. The number of rotatable bonds is 4. The summed E-state index contributed by atoms with van der Waals surface area (Å²) >= 11 is 5.95. The van der Waals surface area contributed by atoms with Crippen molar-refractivity contribution in [2.24, 2.45) is 0 Å². The summed E-state index contributed by atoms with van der Waals surface area (Å²) in [5.41, 5.74) is 2.19. The van der Waals surface area contributed by atoms with Crippen molar-refractivity contribution in [3.8, 4) is 0 Å². The summed E-state index contributed by atoms with van der Waals surface area (Å²) < 4.78 is 0. The molecule has 1 heterocycles. The van der Waals surface area contributed by atoms with Crippen LogP contribution in [-0.4, -0.2) is 16.4 Å². The molecule has 0 aromatic heterocycles. The predicted molar refractivity (Wildman–Crippen MR) is 86.9 cm³/mol. The molecule has 4 nitrogen and oxygen atoms in total. The van der Waals surface area contributed by atoms with Crippen LogP contribution in [0.4, 0.5) is 5.69 Å². The van der Waals surface area contributed by atoms with E-state index >= 15 is 0 Å². The fourth-order valence-corrected chi connectivity index (χ4v) is 3.25. The zero-order chi connectivity index (χ0) is 15.5. The molecule has 2 aromatic rings. The smallest absolute Gasteiger partial charge is 0.273 e. The van der Waals surface area contributed by atoms with Gasteiger partial charge in [0.15, 0.2) is 0 Å². The van der Waals surface area contributed by atoms with Crippen LogP contribution < -0.4 is 0 Å². The molecule has 5 heteroatoms. The molecule has 1 atom stereocenters. The van der Waals surface area contributed by atoms with Gasteiger partial charge < -0.3 is 0 Å². The molecule has 1 fully saturated rings. The number of halogens is 1. The average molecular weight is 317 g/mol. The van der Waals surface area contributed by atoms with Crippen LogP contribution in [0.25, 0.3) is 0 Å². The van der Waals surface area contributed by atoms with Crippen molar-refractivity contribution in [3.05, 3.63) is 74.8 Å². The van der Waals surface area contributed by atoms with Crippen LogP contribution in [0.1, 0.15) is 30.0 Å². The minimum Gasteiger partial charge on any atom is -0.292 e. The first-order valence-electron chi connectivity index (χ1n) is 7.37. The summed E-state index contributed by atoms with van der Waals surface area (Å²) in [5, 5.41) is 11.9. The van der Waals surface area contributed by atoms with E-state index < -0.39 is 0 Å². The minimum atomic E-state index is -0.303. The van der Waals surface area contributed by atoms with Gasteiger partial charge in [-0.05, 0) is 37.1 Å². The second kappa shape index (κ2) is 6.46. The number of para-hydroxylation sites is 1. The molecule has 3 rings (SSSR count). The van der Waals surface area contributed by atoms with Crippen molar-refractivity contribution in [1.82, 2.24) is 4.90 Å². The Morgan fingerprint density at radius 3 is 2.64 bits per heavy atom. The lowest BCUT2D eigenvalue weighted by Gasteiger charge is -2.24. The second-order valence-electron chi connectivity index (χ2n) is 5.57. The Morgan fingerprint density at radius 2 is 1.91 bits per heavy atom. The van der Waals surface area contributed by atoms with Gasteiger partial charge in [0.1, 0.15) is 0 Å². The van der Waals surface area contributed by atoms with Crippen LogP contribution in [0.2, 0.25) is 5.02 Å². The van der Waals surface area contributed by atoms with Gasteiger partial charge in [0.25, 0.3) is 5.69 Å². The monoisotopic (exact) mass is 316 g/mol. The Bertz CT molecular complexity index is 673. The van der Waals surface area contributed by atoms with Crippen LogP contribution >= 0.6 is 11.6 Å². The molecule has 1 aliphatic heterocycles. The van der Waals surface area contributed by atoms with E-state index in [4.69, 9.17) is 11.6 Å². The highest BCUT2D eigenvalue weighted by molar-refractivity contribution is 6.30. The lowest BCUT2D eigenvalue weighted by Crippen LogP contribution is -2.23. The third-order valence-corrected chi connectivity index (χ3v) is 4.43. The van der Waals surface area contributed by atoms with Gasteiger partial charge in [0.2, 0.25) is 0 Å². The molecule has 22 heavy (non-hydrogen) atoms. The highest BCUT2D eigenvalue weighted by Gasteiger charge is 2.27. The second-order valence-corrected chi connectivity index (χ2v) is 6.00. The Kier molecular flexibility index (Phi) is 4.41. The van der Waals surface area contributed by atoms with E-state index in [1.54, 1.807) is 12.1 Å². The number of nitrogens with zero attached hydrogens (tertiary/aromatic N) is 2. The first-order valence-corrected chi connectivity index (χ1v) is 7.75. The lowest BCUT2D eigenvalue weighted by molar-refractivity contribution is -0.385. The zero-order valence-corrected chi connectivity index (χ0v) is 12.9.